The number of rotatable bonds is 29. The Morgan fingerprint density at radius 2 is 0.795 bits per heavy atom. The van der Waals surface area contributed by atoms with Gasteiger partial charge >= 0.3 is 0 Å². The van der Waals surface area contributed by atoms with Crippen molar-refractivity contribution in [1.29, 1.82) is 0 Å². The van der Waals surface area contributed by atoms with Crippen molar-refractivity contribution in [3.8, 4) is 0 Å². The Bertz CT molecular complexity index is 1690. The summed E-state index contributed by atoms with van der Waals surface area (Å²) in [5, 5.41) is 119. The predicted octanol–water partition coefficient (Wildman–Crippen LogP) is -3.16. The third-order valence-electron chi connectivity index (χ3n) is 13.4. The number of hydrogen-bond acceptors (Lipinski definition) is 21. The smallest absolute Gasteiger partial charge is 0.220 e. The second-order valence-corrected chi connectivity index (χ2v) is 19.3. The number of unbranched alkanes of at least 4 members (excludes halogenated alkanes) is 11. The number of hydrogen-bond donors (Lipinski definition) is 14. The van der Waals surface area contributed by atoms with Crippen LogP contribution < -0.4 is 21.3 Å². The van der Waals surface area contributed by atoms with Crippen molar-refractivity contribution < 1.29 is 103 Å². The lowest BCUT2D eigenvalue weighted by Gasteiger charge is -2.51. The molecule has 2 unspecified atom stereocenters. The van der Waals surface area contributed by atoms with Crippen LogP contribution in [0.1, 0.15) is 118 Å². The monoisotopic (exact) mass is 1050 g/mol. The molecule has 4 aliphatic rings. The Morgan fingerprint density at radius 1 is 0.438 bits per heavy atom. The molecule has 14 N–H and O–H groups in total. The quantitative estimate of drug-likeness (QED) is 0.0260. The van der Waals surface area contributed by atoms with E-state index in [0.717, 1.165) is 59.3 Å². The van der Waals surface area contributed by atoms with Crippen LogP contribution in [0.25, 0.3) is 0 Å². The van der Waals surface area contributed by atoms with Crippen LogP contribution in [0.15, 0.2) is 12.2 Å². The molecule has 20 atom stereocenters. The second-order valence-electron chi connectivity index (χ2n) is 19.3. The van der Waals surface area contributed by atoms with Gasteiger partial charge in [-0.05, 0) is 32.1 Å². The summed E-state index contributed by atoms with van der Waals surface area (Å²) in [5.41, 5.74) is 0. The molecule has 0 aromatic rings. The Kier molecular flexibility index (Phi) is 27.3. The lowest BCUT2D eigenvalue weighted by atomic mass is 9.93. The van der Waals surface area contributed by atoms with E-state index in [0.29, 0.717) is 6.42 Å². The highest BCUT2D eigenvalue weighted by molar-refractivity contribution is 5.76. The molecule has 4 saturated heterocycles. The first-order chi connectivity index (χ1) is 34.9. The van der Waals surface area contributed by atoms with Gasteiger partial charge in [-0.3, -0.25) is 19.2 Å². The van der Waals surface area contributed by atoms with Crippen LogP contribution in [-0.2, 0) is 52.3 Å². The van der Waals surface area contributed by atoms with Gasteiger partial charge in [0.05, 0.1) is 26.4 Å². The number of carbonyl (C=O) groups excluding carboxylic acids is 4. The van der Waals surface area contributed by atoms with Gasteiger partial charge < -0.3 is 105 Å². The summed E-state index contributed by atoms with van der Waals surface area (Å²) in [6.07, 6.45) is -8.64. The van der Waals surface area contributed by atoms with Crippen LogP contribution >= 0.6 is 0 Å². The fraction of sp³-hybridized carbons (Fsp3) is 0.875. The van der Waals surface area contributed by atoms with Crippen molar-refractivity contribution in [3.05, 3.63) is 12.2 Å². The number of carbonyl (C=O) groups is 4. The van der Waals surface area contributed by atoms with Gasteiger partial charge in [-0.1, -0.05) is 70.4 Å². The Labute approximate surface area is 426 Å². The molecule has 0 aliphatic carbocycles. The molecule has 4 aliphatic heterocycles. The van der Waals surface area contributed by atoms with Gasteiger partial charge in [0.15, 0.2) is 25.2 Å². The topological polar surface area (TPSA) is 383 Å². The summed E-state index contributed by atoms with van der Waals surface area (Å²) < 4.78 is 41.4. The average molecular weight is 1050 g/mol. The SMILES string of the molecule is CCCCCCCC/C=C\CCCCCCCC(=O)N[C@H]1[C@H](O[C@H]2C(O)[C@@H](NC(C)=O)[C@H](O[C@H]3[C@H](O)[C@@H](NC(C)=O)[C@H](O[C@H]4C(O)[C@@H](NC(C)=O)[C@H](O)O[C@H]4CO)O[C@@H]3CO)O[C@@H]2CO)O[C@H](CO)[C@@H](O)[C@@H]1O. The molecule has 73 heavy (non-hydrogen) atoms. The first-order valence-electron chi connectivity index (χ1n) is 25.8. The zero-order valence-electron chi connectivity index (χ0n) is 42.4. The number of nitrogens with one attached hydrogen (secondary N) is 4. The van der Waals surface area contributed by atoms with E-state index in [1.807, 2.05) is 0 Å². The van der Waals surface area contributed by atoms with Crippen LogP contribution in [0.3, 0.4) is 0 Å². The van der Waals surface area contributed by atoms with Crippen molar-refractivity contribution in [1.82, 2.24) is 21.3 Å². The minimum atomic E-state index is -1.90. The first-order valence-corrected chi connectivity index (χ1v) is 25.8. The lowest BCUT2D eigenvalue weighted by Crippen LogP contribution is -2.71. The van der Waals surface area contributed by atoms with E-state index >= 15 is 0 Å². The summed E-state index contributed by atoms with van der Waals surface area (Å²) in [6.45, 7) is 2.04. The van der Waals surface area contributed by atoms with Crippen molar-refractivity contribution >= 4 is 23.6 Å². The number of amides is 4. The standard InChI is InChI=1S/C48H84N4O21/c1-5-6-7-8-9-10-11-12-13-14-15-16-17-18-19-20-32(60)52-34-38(62)37(61)28(21-53)68-46(34)72-43-30(23-55)70-48(36(40(43)64)51-27(4)59)73-44-31(24-56)69-47(35(41(44)65)50-26(3)58)71-42-29(22-54)67-45(66)33(39(42)63)49-25(2)57/h12-13,28-31,33-48,53-56,61-66H,5-11,14-24H2,1-4H3,(H,49,57)(H,50,58)(H,51,59)(H,52,60)/b13-12-/t28-,29+,30-,31-,33-,34-,35-,36-,37-,38-,39?,40?,41-,42-,43-,44-,45-,46+,47+,48+/m1/s1. The molecular weight excluding hydrogens is 969 g/mol. The van der Waals surface area contributed by atoms with Crippen molar-refractivity contribution in [2.45, 2.75) is 240 Å². The second kappa shape index (κ2) is 31.9. The molecule has 25 heteroatoms. The van der Waals surface area contributed by atoms with Gasteiger partial charge in [-0.2, -0.15) is 0 Å². The van der Waals surface area contributed by atoms with E-state index in [1.54, 1.807) is 0 Å². The number of aliphatic hydroxyl groups is 10. The van der Waals surface area contributed by atoms with Gasteiger partial charge in [-0.15, -0.1) is 0 Å². The summed E-state index contributed by atoms with van der Waals surface area (Å²) in [7, 11) is 0. The van der Waals surface area contributed by atoms with E-state index in [-0.39, 0.29) is 6.42 Å². The maximum atomic E-state index is 13.3. The van der Waals surface area contributed by atoms with E-state index < -0.39 is 173 Å². The van der Waals surface area contributed by atoms with E-state index in [2.05, 4.69) is 40.3 Å². The zero-order valence-corrected chi connectivity index (χ0v) is 42.4. The molecule has 0 spiro atoms. The molecule has 0 aromatic carbocycles. The number of allylic oxidation sites excluding steroid dienone is 2. The van der Waals surface area contributed by atoms with E-state index in [4.69, 9.17) is 33.2 Å². The van der Waals surface area contributed by atoms with Crippen LogP contribution in [0.2, 0.25) is 0 Å². The molecule has 25 nitrogen and oxygen atoms in total. The predicted molar refractivity (Wildman–Crippen MR) is 254 cm³/mol. The molecule has 0 radical (unpaired) electrons. The highest BCUT2D eigenvalue weighted by Gasteiger charge is 2.56. The summed E-state index contributed by atoms with van der Waals surface area (Å²) in [6, 6.07) is -6.17. The van der Waals surface area contributed by atoms with Crippen LogP contribution in [0.4, 0.5) is 0 Å². The fourth-order valence-electron chi connectivity index (χ4n) is 9.55. The van der Waals surface area contributed by atoms with Crippen LogP contribution in [0.5, 0.6) is 0 Å². The third kappa shape index (κ3) is 18.3. The van der Waals surface area contributed by atoms with Crippen molar-refractivity contribution in [2.24, 2.45) is 0 Å². The third-order valence-corrected chi connectivity index (χ3v) is 13.4. The molecule has 4 fully saturated rings. The molecule has 422 valence electrons. The molecule has 0 saturated carbocycles. The molecule has 4 rings (SSSR count). The van der Waals surface area contributed by atoms with Gasteiger partial charge in [-0.25, -0.2) is 0 Å². The highest BCUT2D eigenvalue weighted by atomic mass is 16.8. The van der Waals surface area contributed by atoms with Crippen molar-refractivity contribution in [3.63, 3.8) is 0 Å². The maximum Gasteiger partial charge on any atom is 0.220 e. The molecular formula is C48H84N4O21. The van der Waals surface area contributed by atoms with Crippen LogP contribution in [0, 0.1) is 0 Å². The average Bonchev–Trinajstić information content (AvgIpc) is 3.35. The summed E-state index contributed by atoms with van der Waals surface area (Å²) in [5.74, 6) is -2.66. The molecule has 4 amide bonds. The van der Waals surface area contributed by atoms with Gasteiger partial charge in [0.2, 0.25) is 23.6 Å². The number of aliphatic hydroxyl groups excluding tert-OH is 10. The van der Waals surface area contributed by atoms with Gasteiger partial charge in [0.25, 0.3) is 0 Å². The normalized spacial score (nSPS) is 36.9. The molecule has 0 bridgehead atoms. The lowest BCUT2D eigenvalue weighted by molar-refractivity contribution is -0.362. The van der Waals surface area contributed by atoms with Crippen LogP contribution in [-0.4, -0.2) is 224 Å². The van der Waals surface area contributed by atoms with Crippen molar-refractivity contribution in [2.75, 3.05) is 26.4 Å². The summed E-state index contributed by atoms with van der Waals surface area (Å²) >= 11 is 0. The molecule has 4 heterocycles. The Morgan fingerprint density at radius 3 is 1.22 bits per heavy atom. The van der Waals surface area contributed by atoms with E-state index in [9.17, 15) is 70.2 Å². The Hall–Kier alpha value is -3.06. The van der Waals surface area contributed by atoms with E-state index in [1.165, 1.54) is 38.5 Å². The molecule has 0 aromatic heterocycles. The minimum absolute atomic E-state index is 0.0518. The first kappa shape index (κ1) is 62.5. The summed E-state index contributed by atoms with van der Waals surface area (Å²) in [4.78, 5) is 50.3. The fourth-order valence-corrected chi connectivity index (χ4v) is 9.55. The highest BCUT2D eigenvalue weighted by Crippen LogP contribution is 2.34. The van der Waals surface area contributed by atoms with Gasteiger partial charge in [0, 0.05) is 27.2 Å². The minimum Gasteiger partial charge on any atom is -0.394 e. The van der Waals surface area contributed by atoms with Gasteiger partial charge in [0.1, 0.15) is 97.4 Å². The Balaban J connectivity index is 1.44. The zero-order chi connectivity index (χ0) is 53.8. The maximum absolute atomic E-state index is 13.3. The number of ether oxygens (including phenoxy) is 7. The largest absolute Gasteiger partial charge is 0.394 e.